The molecule has 2 amide bonds. The second-order valence-corrected chi connectivity index (χ2v) is 6.97. The minimum atomic E-state index is -0.291. The Bertz CT molecular complexity index is 791. The Morgan fingerprint density at radius 3 is 2.37 bits per heavy atom. The maximum Gasteiger partial charge on any atom is 0.278 e. The molecule has 1 fully saturated rings. The second kappa shape index (κ2) is 7.86. The number of hydrogen-bond acceptors (Lipinski definition) is 5. The van der Waals surface area contributed by atoms with Gasteiger partial charge in [0.1, 0.15) is 5.70 Å². The van der Waals surface area contributed by atoms with Crippen LogP contribution in [0.25, 0.3) is 5.57 Å². The van der Waals surface area contributed by atoms with Crippen LogP contribution >= 0.6 is 0 Å². The highest BCUT2D eigenvalue weighted by atomic mass is 16.5. The highest BCUT2D eigenvalue weighted by Crippen LogP contribution is 2.37. The van der Waals surface area contributed by atoms with E-state index in [0.717, 1.165) is 25.9 Å². The normalized spacial score (nSPS) is 18.3. The monoisotopic (exact) mass is 370 g/mol. The van der Waals surface area contributed by atoms with E-state index in [1.54, 1.807) is 38.5 Å². The van der Waals surface area contributed by atoms with Crippen LogP contribution in [0.4, 0.5) is 0 Å². The first-order chi connectivity index (χ1) is 13.0. The van der Waals surface area contributed by atoms with Crippen LogP contribution in [0.1, 0.15) is 25.3 Å². The highest BCUT2D eigenvalue weighted by Gasteiger charge is 2.41. The SMILES string of the molecule is C=CCN1C(=O)C(c2ccc(OC)c(OC)c2)=C(N2CCC(C)CC2)C1=O. The molecule has 0 N–H and O–H groups in total. The van der Waals surface area contributed by atoms with Crippen molar-refractivity contribution in [1.29, 1.82) is 0 Å². The number of carbonyl (C=O) groups excluding carboxylic acids is 2. The minimum absolute atomic E-state index is 0.197. The van der Waals surface area contributed by atoms with E-state index in [2.05, 4.69) is 18.4 Å². The first kappa shape index (κ1) is 19.0. The third-order valence-electron chi connectivity index (χ3n) is 5.23. The molecule has 0 aliphatic carbocycles. The summed E-state index contributed by atoms with van der Waals surface area (Å²) < 4.78 is 10.7. The summed E-state index contributed by atoms with van der Waals surface area (Å²) in [4.78, 5) is 29.4. The molecule has 144 valence electrons. The molecule has 1 saturated heterocycles. The van der Waals surface area contributed by atoms with E-state index < -0.39 is 0 Å². The lowest BCUT2D eigenvalue weighted by Crippen LogP contribution is -2.38. The molecule has 2 aliphatic heterocycles. The molecule has 6 heteroatoms. The molecule has 0 unspecified atom stereocenters. The summed E-state index contributed by atoms with van der Waals surface area (Å²) >= 11 is 0. The van der Waals surface area contributed by atoms with Gasteiger partial charge in [-0.25, -0.2) is 0 Å². The van der Waals surface area contributed by atoms with Gasteiger partial charge >= 0.3 is 0 Å². The van der Waals surface area contributed by atoms with Crippen molar-refractivity contribution in [3.63, 3.8) is 0 Å². The van der Waals surface area contributed by atoms with Gasteiger partial charge in [0, 0.05) is 19.6 Å². The largest absolute Gasteiger partial charge is 0.493 e. The fraction of sp³-hybridized carbons (Fsp3) is 0.429. The third kappa shape index (κ3) is 3.44. The van der Waals surface area contributed by atoms with Gasteiger partial charge in [-0.2, -0.15) is 0 Å². The zero-order chi connectivity index (χ0) is 19.6. The number of benzene rings is 1. The van der Waals surface area contributed by atoms with Crippen LogP contribution in [-0.2, 0) is 9.59 Å². The first-order valence-corrected chi connectivity index (χ1v) is 9.20. The molecule has 0 radical (unpaired) electrons. The zero-order valence-electron chi connectivity index (χ0n) is 16.2. The van der Waals surface area contributed by atoms with Crippen molar-refractivity contribution in [1.82, 2.24) is 9.80 Å². The predicted octanol–water partition coefficient (Wildman–Crippen LogP) is 2.70. The fourth-order valence-electron chi connectivity index (χ4n) is 3.64. The molecule has 2 heterocycles. The number of amides is 2. The molecular formula is C21H26N2O4. The van der Waals surface area contributed by atoms with E-state index in [1.807, 2.05) is 0 Å². The summed E-state index contributed by atoms with van der Waals surface area (Å²) in [5.41, 5.74) is 1.57. The summed E-state index contributed by atoms with van der Waals surface area (Å²) in [6.07, 6.45) is 3.58. The number of carbonyl (C=O) groups is 2. The molecule has 27 heavy (non-hydrogen) atoms. The van der Waals surface area contributed by atoms with Gasteiger partial charge in [-0.15, -0.1) is 6.58 Å². The van der Waals surface area contributed by atoms with Gasteiger partial charge in [0.15, 0.2) is 11.5 Å². The Kier molecular flexibility index (Phi) is 5.54. The van der Waals surface area contributed by atoms with Crippen molar-refractivity contribution in [2.24, 2.45) is 5.92 Å². The Hall–Kier alpha value is -2.76. The van der Waals surface area contributed by atoms with Crippen molar-refractivity contribution in [3.05, 3.63) is 42.1 Å². The van der Waals surface area contributed by atoms with Crippen LogP contribution in [0, 0.1) is 5.92 Å². The molecule has 0 saturated carbocycles. The molecule has 2 aliphatic rings. The van der Waals surface area contributed by atoms with E-state index in [1.165, 1.54) is 4.90 Å². The molecule has 0 atom stereocenters. The number of imide groups is 1. The second-order valence-electron chi connectivity index (χ2n) is 6.97. The number of likely N-dealkylation sites (tertiary alicyclic amines) is 1. The van der Waals surface area contributed by atoms with Crippen LogP contribution in [0.15, 0.2) is 36.6 Å². The molecule has 6 nitrogen and oxygen atoms in total. The first-order valence-electron chi connectivity index (χ1n) is 9.20. The lowest BCUT2D eigenvalue weighted by molar-refractivity contribution is -0.137. The Labute approximate surface area is 160 Å². The number of ether oxygens (including phenoxy) is 2. The van der Waals surface area contributed by atoms with Crippen LogP contribution in [0.3, 0.4) is 0 Å². The van der Waals surface area contributed by atoms with Crippen LogP contribution in [0.2, 0.25) is 0 Å². The van der Waals surface area contributed by atoms with Crippen molar-refractivity contribution >= 4 is 17.4 Å². The lowest BCUT2D eigenvalue weighted by atomic mass is 9.97. The quantitative estimate of drug-likeness (QED) is 0.569. The van der Waals surface area contributed by atoms with E-state index in [0.29, 0.717) is 34.3 Å². The Balaban J connectivity index is 2.09. The number of piperidine rings is 1. The number of rotatable bonds is 6. The lowest BCUT2D eigenvalue weighted by Gasteiger charge is -2.32. The number of methoxy groups -OCH3 is 2. The molecule has 0 bridgehead atoms. The average Bonchev–Trinajstić information content (AvgIpc) is 2.93. The highest BCUT2D eigenvalue weighted by molar-refractivity contribution is 6.35. The Morgan fingerprint density at radius 1 is 1.11 bits per heavy atom. The topological polar surface area (TPSA) is 59.1 Å². The standard InChI is InChI=1S/C21H26N2O4/c1-5-10-23-20(24)18(15-6-7-16(26-3)17(13-15)27-4)19(21(23)25)22-11-8-14(2)9-12-22/h5-7,13-14H,1,8-12H2,2-4H3. The third-order valence-corrected chi connectivity index (χ3v) is 5.23. The van der Waals surface area contributed by atoms with Gasteiger partial charge in [-0.1, -0.05) is 19.1 Å². The van der Waals surface area contributed by atoms with E-state index in [4.69, 9.17) is 9.47 Å². The predicted molar refractivity (Wildman–Crippen MR) is 103 cm³/mol. The molecule has 1 aromatic rings. The number of nitrogens with zero attached hydrogens (tertiary/aromatic N) is 2. The number of hydrogen-bond donors (Lipinski definition) is 0. The van der Waals surface area contributed by atoms with Gasteiger partial charge < -0.3 is 14.4 Å². The Morgan fingerprint density at radius 2 is 1.78 bits per heavy atom. The average molecular weight is 370 g/mol. The van der Waals surface area contributed by atoms with Crippen molar-refractivity contribution in [2.45, 2.75) is 19.8 Å². The van der Waals surface area contributed by atoms with Gasteiger partial charge in [-0.3, -0.25) is 14.5 Å². The summed E-state index contributed by atoms with van der Waals surface area (Å²) in [7, 11) is 3.11. The molecule has 0 spiro atoms. The van der Waals surface area contributed by atoms with Gasteiger partial charge in [0.2, 0.25) is 0 Å². The maximum absolute atomic E-state index is 13.1. The van der Waals surface area contributed by atoms with Crippen molar-refractivity contribution in [3.8, 4) is 11.5 Å². The van der Waals surface area contributed by atoms with E-state index in [-0.39, 0.29) is 18.4 Å². The summed E-state index contributed by atoms with van der Waals surface area (Å²) in [5.74, 6) is 1.19. The van der Waals surface area contributed by atoms with Crippen LogP contribution in [-0.4, -0.2) is 55.5 Å². The summed E-state index contributed by atoms with van der Waals surface area (Å²) in [6.45, 7) is 7.63. The molecular weight excluding hydrogens is 344 g/mol. The minimum Gasteiger partial charge on any atom is -0.493 e. The van der Waals surface area contributed by atoms with Crippen molar-refractivity contribution < 1.29 is 19.1 Å². The van der Waals surface area contributed by atoms with Crippen LogP contribution in [0.5, 0.6) is 11.5 Å². The fourth-order valence-corrected chi connectivity index (χ4v) is 3.64. The van der Waals surface area contributed by atoms with E-state index >= 15 is 0 Å². The molecule has 3 rings (SSSR count). The summed E-state index contributed by atoms with van der Waals surface area (Å²) in [6, 6.07) is 5.31. The summed E-state index contributed by atoms with van der Waals surface area (Å²) in [5, 5.41) is 0. The molecule has 0 aromatic heterocycles. The zero-order valence-corrected chi connectivity index (χ0v) is 16.2. The van der Waals surface area contributed by atoms with Gasteiger partial charge in [0.05, 0.1) is 19.8 Å². The van der Waals surface area contributed by atoms with Gasteiger partial charge in [-0.05, 0) is 36.5 Å². The maximum atomic E-state index is 13.1. The van der Waals surface area contributed by atoms with Crippen molar-refractivity contribution in [2.75, 3.05) is 33.9 Å². The van der Waals surface area contributed by atoms with Crippen LogP contribution < -0.4 is 9.47 Å². The molecule has 1 aromatic carbocycles. The van der Waals surface area contributed by atoms with E-state index in [9.17, 15) is 9.59 Å². The smallest absolute Gasteiger partial charge is 0.278 e. The van der Waals surface area contributed by atoms with Gasteiger partial charge in [0.25, 0.3) is 11.8 Å².